The van der Waals surface area contributed by atoms with Crippen molar-refractivity contribution < 1.29 is 38.2 Å². The lowest BCUT2D eigenvalue weighted by Gasteiger charge is -2.29. The summed E-state index contributed by atoms with van der Waals surface area (Å²) in [7, 11) is 1.25. The molecule has 0 saturated heterocycles. The number of rotatable bonds is 18. The molecule has 0 aromatic heterocycles. The van der Waals surface area contributed by atoms with Crippen molar-refractivity contribution in [2.45, 2.75) is 144 Å². The molecule has 0 fully saturated rings. The molecule has 0 rings (SSSR count). The Morgan fingerprint density at radius 3 is 1.60 bits per heavy atom. The summed E-state index contributed by atoms with van der Waals surface area (Å²) in [6.45, 7) is 19.7. The van der Waals surface area contributed by atoms with Crippen molar-refractivity contribution in [2.75, 3.05) is 7.11 Å². The average Bonchev–Trinajstić information content (AvgIpc) is 2.94. The minimum Gasteiger partial charge on any atom is -0.467 e. The second-order valence-corrected chi connectivity index (χ2v) is 13.3. The van der Waals surface area contributed by atoms with Crippen molar-refractivity contribution in [3.05, 3.63) is 0 Å². The molecule has 13 nitrogen and oxygen atoms in total. The number of hydrogen-bond donors (Lipinski definition) is 5. The Morgan fingerprint density at radius 1 is 0.644 bits per heavy atom. The summed E-state index contributed by atoms with van der Waals surface area (Å²) in [5.74, 6) is -3.29. The van der Waals surface area contributed by atoms with E-state index in [1.807, 2.05) is 34.6 Å². The van der Waals surface area contributed by atoms with Crippen LogP contribution in [0.2, 0.25) is 0 Å². The van der Waals surface area contributed by atoms with Gasteiger partial charge >= 0.3 is 12.1 Å². The van der Waals surface area contributed by atoms with Crippen LogP contribution < -0.4 is 26.6 Å². The second-order valence-electron chi connectivity index (χ2n) is 13.3. The van der Waals surface area contributed by atoms with Gasteiger partial charge in [-0.1, -0.05) is 68.2 Å². The van der Waals surface area contributed by atoms with E-state index in [0.29, 0.717) is 12.8 Å². The largest absolute Gasteiger partial charge is 0.467 e. The van der Waals surface area contributed by atoms with Crippen LogP contribution in [0.1, 0.15) is 108 Å². The molecule has 260 valence electrons. The van der Waals surface area contributed by atoms with Gasteiger partial charge < -0.3 is 36.1 Å². The number of methoxy groups -OCH3 is 1. The molecule has 0 aliphatic rings. The number of carbonyl (C=O) groups excluding carboxylic acids is 6. The molecule has 0 aliphatic carbocycles. The van der Waals surface area contributed by atoms with Crippen molar-refractivity contribution >= 4 is 35.7 Å². The van der Waals surface area contributed by atoms with Gasteiger partial charge in [-0.3, -0.25) is 19.2 Å². The number of esters is 1. The van der Waals surface area contributed by atoms with Gasteiger partial charge in [-0.15, -0.1) is 0 Å². The first kappa shape index (κ1) is 41.6. The molecule has 5 N–H and O–H groups in total. The first-order valence-electron chi connectivity index (χ1n) is 16.1. The maximum atomic E-state index is 13.5. The van der Waals surface area contributed by atoms with Gasteiger partial charge in [0.25, 0.3) is 0 Å². The summed E-state index contributed by atoms with van der Waals surface area (Å²) in [5.41, 5.74) is -0.758. The third kappa shape index (κ3) is 15.5. The van der Waals surface area contributed by atoms with Crippen molar-refractivity contribution in [1.82, 2.24) is 26.6 Å². The summed E-state index contributed by atoms with van der Waals surface area (Å²) in [4.78, 5) is 77.9. The van der Waals surface area contributed by atoms with Gasteiger partial charge in [0.05, 0.1) is 7.11 Å². The molecule has 13 heteroatoms. The fraction of sp³-hybridized carbons (Fsp3) is 0.812. The highest BCUT2D eigenvalue weighted by molar-refractivity contribution is 5.96. The van der Waals surface area contributed by atoms with E-state index in [4.69, 9.17) is 9.47 Å². The molecule has 45 heavy (non-hydrogen) atoms. The molecule has 0 heterocycles. The quantitative estimate of drug-likeness (QED) is 0.142. The molecule has 0 radical (unpaired) electrons. The summed E-state index contributed by atoms with van der Waals surface area (Å²) in [6.07, 6.45) is 1.22. The smallest absolute Gasteiger partial charge is 0.408 e. The van der Waals surface area contributed by atoms with Gasteiger partial charge in [0, 0.05) is 0 Å². The van der Waals surface area contributed by atoms with Crippen LogP contribution in [-0.4, -0.2) is 78.6 Å². The third-order valence-corrected chi connectivity index (χ3v) is 7.18. The summed E-state index contributed by atoms with van der Waals surface area (Å²) in [5, 5.41) is 13.5. The summed E-state index contributed by atoms with van der Waals surface area (Å²) < 4.78 is 10.1. The number of ether oxygens (including phenoxy) is 2. The van der Waals surface area contributed by atoms with E-state index in [2.05, 4.69) is 26.6 Å². The molecular weight excluding hydrogens is 582 g/mol. The van der Waals surface area contributed by atoms with E-state index < -0.39 is 71.5 Å². The van der Waals surface area contributed by atoms with Gasteiger partial charge in [0.1, 0.15) is 35.8 Å². The third-order valence-electron chi connectivity index (χ3n) is 7.18. The Kier molecular flexibility index (Phi) is 18.4. The number of carbonyl (C=O) groups is 6. The molecule has 0 aromatic rings. The van der Waals surface area contributed by atoms with E-state index in [1.54, 1.807) is 41.5 Å². The van der Waals surface area contributed by atoms with Crippen molar-refractivity contribution in [2.24, 2.45) is 17.8 Å². The van der Waals surface area contributed by atoms with E-state index in [9.17, 15) is 28.8 Å². The van der Waals surface area contributed by atoms with Crippen LogP contribution in [0.15, 0.2) is 0 Å². The van der Waals surface area contributed by atoms with E-state index in [0.717, 1.165) is 0 Å². The maximum Gasteiger partial charge on any atom is 0.408 e. The lowest BCUT2D eigenvalue weighted by Crippen LogP contribution is -2.59. The van der Waals surface area contributed by atoms with Crippen LogP contribution >= 0.6 is 0 Å². The van der Waals surface area contributed by atoms with E-state index >= 15 is 0 Å². The van der Waals surface area contributed by atoms with E-state index in [1.165, 1.54) is 7.11 Å². The van der Waals surface area contributed by atoms with Crippen LogP contribution in [-0.2, 0) is 33.4 Å². The zero-order chi connectivity index (χ0) is 35.1. The average molecular weight is 642 g/mol. The number of amides is 5. The minimum absolute atomic E-state index is 0.0113. The van der Waals surface area contributed by atoms with Gasteiger partial charge in [-0.2, -0.15) is 0 Å². The maximum absolute atomic E-state index is 13.5. The highest BCUT2D eigenvalue weighted by Gasteiger charge is 2.34. The van der Waals surface area contributed by atoms with Gasteiger partial charge in [0.2, 0.25) is 23.6 Å². The molecule has 1 unspecified atom stereocenters. The second kappa shape index (κ2) is 19.9. The number of nitrogens with one attached hydrogen (secondary N) is 5. The molecule has 5 amide bonds. The van der Waals surface area contributed by atoms with Crippen LogP contribution in [0.4, 0.5) is 4.79 Å². The molecule has 6 atom stereocenters. The van der Waals surface area contributed by atoms with Gasteiger partial charge in [-0.05, 0) is 57.8 Å². The molecule has 0 aromatic carbocycles. The molecule has 0 spiro atoms. The Morgan fingerprint density at radius 2 is 1.16 bits per heavy atom. The highest BCUT2D eigenvalue weighted by atomic mass is 16.6. The zero-order valence-electron chi connectivity index (χ0n) is 29.4. The molecule has 0 bridgehead atoms. The topological polar surface area (TPSA) is 181 Å². The van der Waals surface area contributed by atoms with Gasteiger partial charge in [0.15, 0.2) is 0 Å². The molecular formula is C32H59N5O8. The first-order valence-corrected chi connectivity index (χ1v) is 16.1. The number of alkyl carbamates (subject to hydrolysis) is 1. The van der Waals surface area contributed by atoms with Crippen molar-refractivity contribution in [3.8, 4) is 0 Å². The predicted molar refractivity (Wildman–Crippen MR) is 172 cm³/mol. The monoisotopic (exact) mass is 641 g/mol. The fourth-order valence-electron chi connectivity index (χ4n) is 4.44. The van der Waals surface area contributed by atoms with Crippen LogP contribution in [0, 0.1) is 17.8 Å². The normalized spacial score (nSPS) is 15.5. The lowest BCUT2D eigenvalue weighted by molar-refractivity contribution is -0.147. The Balaban J connectivity index is 5.81. The first-order chi connectivity index (χ1) is 20.8. The van der Waals surface area contributed by atoms with E-state index in [-0.39, 0.29) is 37.0 Å². The standard InChI is InChI=1S/C32H59N5O8/c1-13-16-22(27(39)33-21(15-3)26(38)36-25(20(8)14-2)30(42)44-12)34-28(40)23(17-18(4)5)35-29(41)24(19(6)7)37-31(43)45-32(9,10)11/h18-25H,13-17H2,1-12H3,(H,33,39)(H,34,40)(H,35,41)(H,36,38)(H,37,43)/t20-,21-,22?,23-,24-,25-/m0/s1. The number of hydrogen-bond acceptors (Lipinski definition) is 8. The van der Waals surface area contributed by atoms with Crippen LogP contribution in [0.3, 0.4) is 0 Å². The molecule has 0 saturated carbocycles. The van der Waals surface area contributed by atoms with Crippen LogP contribution in [0.25, 0.3) is 0 Å². The predicted octanol–water partition coefficient (Wildman–Crippen LogP) is 2.95. The zero-order valence-corrected chi connectivity index (χ0v) is 29.4. The fourth-order valence-corrected chi connectivity index (χ4v) is 4.44. The lowest BCUT2D eigenvalue weighted by atomic mass is 9.98. The SMILES string of the molecule is CCCC(NC(=O)[C@H](CC(C)C)NC(=O)[C@@H](NC(=O)OC(C)(C)C)C(C)C)C(=O)N[C@@H](CC)C(=O)N[C@H](C(=O)OC)[C@@H](C)CC. The summed E-state index contributed by atoms with van der Waals surface area (Å²) >= 11 is 0. The summed E-state index contributed by atoms with van der Waals surface area (Å²) in [6, 6.07) is -4.77. The van der Waals surface area contributed by atoms with Gasteiger partial charge in [-0.25, -0.2) is 9.59 Å². The van der Waals surface area contributed by atoms with Crippen molar-refractivity contribution in [3.63, 3.8) is 0 Å². The minimum atomic E-state index is -0.993. The van der Waals surface area contributed by atoms with Crippen LogP contribution in [0.5, 0.6) is 0 Å². The molecule has 0 aliphatic heterocycles. The Labute approximate surface area is 269 Å². The Hall–Kier alpha value is -3.38. The Bertz CT molecular complexity index is 995. The van der Waals surface area contributed by atoms with Crippen molar-refractivity contribution in [1.29, 1.82) is 0 Å². The highest BCUT2D eigenvalue weighted by Crippen LogP contribution is 2.13.